The molecule has 0 aliphatic rings. The molecule has 4 nitrogen and oxygen atoms in total. The van der Waals surface area contributed by atoms with Crippen molar-refractivity contribution in [2.75, 3.05) is 18.9 Å². The Morgan fingerprint density at radius 3 is 2.59 bits per heavy atom. The van der Waals surface area contributed by atoms with Gasteiger partial charge in [-0.3, -0.25) is 0 Å². The van der Waals surface area contributed by atoms with Gasteiger partial charge in [0.25, 0.3) is 0 Å². The van der Waals surface area contributed by atoms with Crippen LogP contribution in [0.25, 0.3) is 0 Å². The number of nitrogen functional groups attached to an aromatic ring is 1. The molecule has 0 spiro atoms. The molecular weight excluding hydrogens is 278 g/mol. The van der Waals surface area contributed by atoms with Crippen LogP contribution in [0.5, 0.6) is 5.75 Å². The summed E-state index contributed by atoms with van der Waals surface area (Å²) in [6, 6.07) is 15.0. The maximum Gasteiger partial charge on any atom is 0.338 e. The smallest absolute Gasteiger partial charge is 0.338 e. The topological polar surface area (TPSA) is 61.5 Å². The van der Waals surface area contributed by atoms with Crippen molar-refractivity contribution in [1.29, 1.82) is 0 Å². The number of carbonyl (C=O) groups excluding carboxylic acids is 1. The fourth-order valence-corrected chi connectivity index (χ4v) is 1.99. The van der Waals surface area contributed by atoms with Gasteiger partial charge in [0.1, 0.15) is 5.75 Å². The normalized spacial score (nSPS) is 10.2. The molecule has 0 fully saturated rings. The quantitative estimate of drug-likeness (QED) is 0.628. The third-order valence-electron chi connectivity index (χ3n) is 3.18. The molecule has 0 saturated carbocycles. The number of rotatable bonds is 7. The average molecular weight is 299 g/mol. The second-order valence-electron chi connectivity index (χ2n) is 4.97. The minimum Gasteiger partial charge on any atom is -0.491 e. The number of anilines is 1. The summed E-state index contributed by atoms with van der Waals surface area (Å²) in [5.41, 5.74) is 8.06. The van der Waals surface area contributed by atoms with E-state index in [0.29, 0.717) is 30.2 Å². The van der Waals surface area contributed by atoms with Gasteiger partial charge in [0.05, 0.1) is 24.5 Å². The first-order valence-corrected chi connectivity index (χ1v) is 7.44. The first-order chi connectivity index (χ1) is 10.7. The van der Waals surface area contributed by atoms with Crippen molar-refractivity contribution < 1.29 is 14.3 Å². The van der Waals surface area contributed by atoms with Crippen LogP contribution in [0.15, 0.2) is 48.5 Å². The molecular formula is C18H21NO3. The van der Waals surface area contributed by atoms with Gasteiger partial charge in [-0.25, -0.2) is 4.79 Å². The number of benzene rings is 2. The van der Waals surface area contributed by atoms with Crippen LogP contribution >= 0.6 is 0 Å². The monoisotopic (exact) mass is 299 g/mol. The molecule has 0 saturated heterocycles. The highest BCUT2D eigenvalue weighted by atomic mass is 16.5. The molecule has 2 rings (SSSR count). The van der Waals surface area contributed by atoms with Crippen molar-refractivity contribution in [3.8, 4) is 5.75 Å². The summed E-state index contributed by atoms with van der Waals surface area (Å²) >= 11 is 0. The zero-order chi connectivity index (χ0) is 15.8. The molecule has 0 aliphatic heterocycles. The predicted molar refractivity (Wildman–Crippen MR) is 87.1 cm³/mol. The highest BCUT2D eigenvalue weighted by molar-refractivity contribution is 5.90. The third-order valence-corrected chi connectivity index (χ3v) is 3.18. The lowest BCUT2D eigenvalue weighted by molar-refractivity contribution is 0.0504. The Hall–Kier alpha value is -2.49. The van der Waals surface area contributed by atoms with E-state index < -0.39 is 0 Å². The molecule has 116 valence electrons. The molecule has 0 heterocycles. The van der Waals surface area contributed by atoms with E-state index in [1.54, 1.807) is 18.2 Å². The zero-order valence-corrected chi connectivity index (χ0v) is 12.7. The number of ether oxygens (including phenoxy) is 2. The first kappa shape index (κ1) is 15.9. The Kier molecular flexibility index (Phi) is 5.83. The maximum atomic E-state index is 11.8. The van der Waals surface area contributed by atoms with Crippen molar-refractivity contribution in [1.82, 2.24) is 0 Å². The molecule has 2 N–H and O–H groups in total. The molecule has 0 unspecified atom stereocenters. The molecule has 22 heavy (non-hydrogen) atoms. The van der Waals surface area contributed by atoms with Gasteiger partial charge >= 0.3 is 5.97 Å². The van der Waals surface area contributed by atoms with Crippen molar-refractivity contribution in [3.63, 3.8) is 0 Å². The number of nitrogens with two attached hydrogens (primary N) is 1. The van der Waals surface area contributed by atoms with Gasteiger partial charge < -0.3 is 15.2 Å². The molecule has 0 bridgehead atoms. The molecule has 0 radical (unpaired) electrons. The van der Waals surface area contributed by atoms with Gasteiger partial charge in [0, 0.05) is 6.42 Å². The lowest BCUT2D eigenvalue weighted by atomic mass is 10.1. The average Bonchev–Trinajstić information content (AvgIpc) is 2.55. The van der Waals surface area contributed by atoms with E-state index in [-0.39, 0.29) is 5.97 Å². The van der Waals surface area contributed by atoms with Gasteiger partial charge in [-0.2, -0.15) is 0 Å². The van der Waals surface area contributed by atoms with Crippen LogP contribution in [0, 0.1) is 0 Å². The van der Waals surface area contributed by atoms with E-state index in [9.17, 15) is 4.79 Å². The number of carbonyl (C=O) groups is 1. The molecule has 0 aliphatic carbocycles. The lowest BCUT2D eigenvalue weighted by Crippen LogP contribution is -2.08. The van der Waals surface area contributed by atoms with Crippen LogP contribution in [0.4, 0.5) is 5.69 Å². The van der Waals surface area contributed by atoms with Crippen LogP contribution in [-0.2, 0) is 11.2 Å². The highest BCUT2D eigenvalue weighted by Gasteiger charge is 2.10. The Morgan fingerprint density at radius 1 is 1.09 bits per heavy atom. The molecule has 0 atom stereocenters. The van der Waals surface area contributed by atoms with E-state index in [0.717, 1.165) is 12.8 Å². The predicted octanol–water partition coefficient (Wildman–Crippen LogP) is 3.46. The summed E-state index contributed by atoms with van der Waals surface area (Å²) in [5.74, 6) is 0.164. The largest absolute Gasteiger partial charge is 0.491 e. The minimum atomic E-state index is -0.352. The number of hydrogen-bond donors (Lipinski definition) is 1. The minimum absolute atomic E-state index is 0.352. The van der Waals surface area contributed by atoms with Gasteiger partial charge in [-0.05, 0) is 30.2 Å². The fourth-order valence-electron chi connectivity index (χ4n) is 1.99. The first-order valence-electron chi connectivity index (χ1n) is 7.44. The molecule has 0 aromatic heterocycles. The summed E-state index contributed by atoms with van der Waals surface area (Å²) in [7, 11) is 0. The number of hydrogen-bond acceptors (Lipinski definition) is 4. The van der Waals surface area contributed by atoms with E-state index >= 15 is 0 Å². The van der Waals surface area contributed by atoms with Crippen LogP contribution in [0.2, 0.25) is 0 Å². The molecule has 4 heteroatoms. The Balaban J connectivity index is 1.96. The summed E-state index contributed by atoms with van der Waals surface area (Å²) in [6.45, 7) is 2.86. The fraction of sp³-hybridized carbons (Fsp3) is 0.278. The van der Waals surface area contributed by atoms with Gasteiger partial charge in [0.2, 0.25) is 0 Å². The summed E-state index contributed by atoms with van der Waals surface area (Å²) in [5, 5.41) is 0. The standard InChI is InChI=1S/C18H21NO3/c1-2-11-22-18(20)15-8-9-16(19)17(13-15)21-12-10-14-6-4-3-5-7-14/h3-9,13H,2,10-12,19H2,1H3. The maximum absolute atomic E-state index is 11.8. The van der Waals surface area contributed by atoms with Crippen LogP contribution in [-0.4, -0.2) is 19.2 Å². The van der Waals surface area contributed by atoms with E-state index in [4.69, 9.17) is 15.2 Å². The van der Waals surface area contributed by atoms with Crippen LogP contribution < -0.4 is 10.5 Å². The highest BCUT2D eigenvalue weighted by Crippen LogP contribution is 2.23. The summed E-state index contributed by atoms with van der Waals surface area (Å²) < 4.78 is 10.8. The summed E-state index contributed by atoms with van der Waals surface area (Å²) in [6.07, 6.45) is 1.58. The lowest BCUT2D eigenvalue weighted by Gasteiger charge is -2.11. The van der Waals surface area contributed by atoms with E-state index in [2.05, 4.69) is 0 Å². The molecule has 2 aromatic carbocycles. The van der Waals surface area contributed by atoms with E-state index in [1.807, 2.05) is 37.3 Å². The van der Waals surface area contributed by atoms with Gasteiger partial charge in [0.15, 0.2) is 0 Å². The van der Waals surface area contributed by atoms with Crippen molar-refractivity contribution in [2.45, 2.75) is 19.8 Å². The zero-order valence-electron chi connectivity index (χ0n) is 12.7. The summed E-state index contributed by atoms with van der Waals surface area (Å²) in [4.78, 5) is 11.8. The van der Waals surface area contributed by atoms with Crippen molar-refractivity contribution in [3.05, 3.63) is 59.7 Å². The Bertz CT molecular complexity index is 611. The molecule has 2 aromatic rings. The van der Waals surface area contributed by atoms with E-state index in [1.165, 1.54) is 5.56 Å². The Labute approximate surface area is 130 Å². The van der Waals surface area contributed by atoms with Gasteiger partial charge in [-0.1, -0.05) is 37.3 Å². The third kappa shape index (κ3) is 4.52. The SMILES string of the molecule is CCCOC(=O)c1ccc(N)c(OCCc2ccccc2)c1. The second-order valence-corrected chi connectivity index (χ2v) is 4.97. The van der Waals surface area contributed by atoms with Gasteiger partial charge in [-0.15, -0.1) is 0 Å². The molecule has 0 amide bonds. The second kappa shape index (κ2) is 8.08. The van der Waals surface area contributed by atoms with Crippen molar-refractivity contribution >= 4 is 11.7 Å². The van der Waals surface area contributed by atoms with Crippen LogP contribution in [0.1, 0.15) is 29.3 Å². The van der Waals surface area contributed by atoms with Crippen LogP contribution in [0.3, 0.4) is 0 Å². The Morgan fingerprint density at radius 2 is 1.86 bits per heavy atom. The number of esters is 1. The van der Waals surface area contributed by atoms with Crippen molar-refractivity contribution in [2.24, 2.45) is 0 Å².